The maximum atomic E-state index is 11.6. The van der Waals surface area contributed by atoms with Crippen molar-refractivity contribution in [1.29, 1.82) is 0 Å². The van der Waals surface area contributed by atoms with E-state index in [0.29, 0.717) is 6.54 Å². The minimum atomic E-state index is -0.838. The van der Waals surface area contributed by atoms with Crippen LogP contribution in [0.4, 0.5) is 0 Å². The average molecular weight is 338 g/mol. The molecule has 5 heteroatoms. The van der Waals surface area contributed by atoms with Crippen LogP contribution in [0.15, 0.2) is 47.5 Å². The van der Waals surface area contributed by atoms with Gasteiger partial charge in [0.2, 0.25) is 0 Å². The molecule has 1 aromatic carbocycles. The number of esters is 1. The summed E-state index contributed by atoms with van der Waals surface area (Å²) in [5, 5.41) is 2.55. The van der Waals surface area contributed by atoms with Crippen molar-refractivity contribution in [1.82, 2.24) is 5.32 Å². The first-order chi connectivity index (χ1) is 9.52. The molecule has 0 aliphatic carbocycles. The monoisotopic (exact) mass is 337 g/mol. The topological polar surface area (TPSA) is 55.4 Å². The number of carbonyl (C=O) groups is 2. The van der Waals surface area contributed by atoms with Crippen LogP contribution in [0.1, 0.15) is 12.5 Å². The zero-order chi connectivity index (χ0) is 15.0. The maximum absolute atomic E-state index is 11.6. The first-order valence-corrected chi connectivity index (χ1v) is 6.85. The summed E-state index contributed by atoms with van der Waals surface area (Å²) in [5.74, 6) is -0.916. The molecular weight excluding hydrogens is 322 g/mol. The zero-order valence-electron chi connectivity index (χ0n) is 11.1. The largest absolute Gasteiger partial charge is 0.449 e. The van der Waals surface area contributed by atoms with Crippen LogP contribution in [0.5, 0.6) is 0 Å². The second kappa shape index (κ2) is 8.32. The molecule has 0 aromatic heterocycles. The lowest BCUT2D eigenvalue weighted by Gasteiger charge is -2.10. The molecule has 106 valence electrons. The number of rotatable bonds is 6. The Kier molecular flexibility index (Phi) is 6.73. The molecule has 0 fully saturated rings. The van der Waals surface area contributed by atoms with Crippen molar-refractivity contribution in [2.75, 3.05) is 6.54 Å². The van der Waals surface area contributed by atoms with Crippen LogP contribution in [0.25, 0.3) is 6.08 Å². The quantitative estimate of drug-likeness (QED) is 0.493. The van der Waals surface area contributed by atoms with Gasteiger partial charge in [-0.25, -0.2) is 4.79 Å². The van der Waals surface area contributed by atoms with Crippen LogP contribution >= 0.6 is 15.9 Å². The lowest BCUT2D eigenvalue weighted by Crippen LogP contribution is -2.35. The van der Waals surface area contributed by atoms with E-state index in [-0.39, 0.29) is 5.91 Å². The molecule has 0 aliphatic rings. The Morgan fingerprint density at radius 3 is 2.90 bits per heavy atom. The average Bonchev–Trinajstić information content (AvgIpc) is 2.42. The zero-order valence-corrected chi connectivity index (χ0v) is 12.7. The third-order valence-electron chi connectivity index (χ3n) is 2.34. The third kappa shape index (κ3) is 5.84. The summed E-state index contributed by atoms with van der Waals surface area (Å²) in [6.07, 6.45) is 3.63. The summed E-state index contributed by atoms with van der Waals surface area (Å²) >= 11 is 3.34. The summed E-state index contributed by atoms with van der Waals surface area (Å²) in [4.78, 5) is 23.1. The molecule has 1 rings (SSSR count). The molecule has 20 heavy (non-hydrogen) atoms. The number of ether oxygens (including phenoxy) is 1. The van der Waals surface area contributed by atoms with Gasteiger partial charge in [-0.1, -0.05) is 34.1 Å². The molecule has 0 saturated carbocycles. The number of amides is 1. The molecule has 1 atom stereocenters. The van der Waals surface area contributed by atoms with Gasteiger partial charge in [-0.3, -0.25) is 4.79 Å². The second-order valence-corrected chi connectivity index (χ2v) is 4.92. The van der Waals surface area contributed by atoms with Gasteiger partial charge < -0.3 is 10.1 Å². The fourth-order valence-corrected chi connectivity index (χ4v) is 1.77. The highest BCUT2D eigenvalue weighted by Crippen LogP contribution is 2.12. The van der Waals surface area contributed by atoms with Gasteiger partial charge in [-0.15, -0.1) is 6.58 Å². The van der Waals surface area contributed by atoms with Crippen molar-refractivity contribution < 1.29 is 14.3 Å². The molecule has 0 heterocycles. The van der Waals surface area contributed by atoms with Crippen molar-refractivity contribution in [2.24, 2.45) is 0 Å². The van der Waals surface area contributed by atoms with Crippen LogP contribution in [0, 0.1) is 0 Å². The van der Waals surface area contributed by atoms with Crippen LogP contribution < -0.4 is 5.32 Å². The van der Waals surface area contributed by atoms with E-state index in [0.717, 1.165) is 10.0 Å². The summed E-state index contributed by atoms with van der Waals surface area (Å²) in [6.45, 7) is 5.34. The van der Waals surface area contributed by atoms with E-state index in [9.17, 15) is 9.59 Å². The Morgan fingerprint density at radius 1 is 1.50 bits per heavy atom. The fourth-order valence-electron chi connectivity index (χ4n) is 1.36. The van der Waals surface area contributed by atoms with Crippen LogP contribution in [0.3, 0.4) is 0 Å². The van der Waals surface area contributed by atoms with Crippen molar-refractivity contribution >= 4 is 33.9 Å². The Bertz CT molecular complexity index is 526. The van der Waals surface area contributed by atoms with Gasteiger partial charge in [-0.05, 0) is 30.7 Å². The third-order valence-corrected chi connectivity index (χ3v) is 2.84. The Labute approximate surface area is 126 Å². The van der Waals surface area contributed by atoms with Gasteiger partial charge in [0.05, 0.1) is 0 Å². The van der Waals surface area contributed by atoms with E-state index in [2.05, 4.69) is 27.8 Å². The molecule has 0 radical (unpaired) electrons. The highest BCUT2D eigenvalue weighted by atomic mass is 79.9. The predicted molar refractivity (Wildman–Crippen MR) is 81.9 cm³/mol. The van der Waals surface area contributed by atoms with Gasteiger partial charge in [0, 0.05) is 17.1 Å². The minimum Gasteiger partial charge on any atom is -0.449 e. The maximum Gasteiger partial charge on any atom is 0.331 e. The first kappa shape index (κ1) is 16.2. The summed E-state index contributed by atoms with van der Waals surface area (Å²) in [7, 11) is 0. The number of carbonyl (C=O) groups excluding carboxylic acids is 2. The van der Waals surface area contributed by atoms with E-state index in [4.69, 9.17) is 4.74 Å². The number of halogens is 1. The van der Waals surface area contributed by atoms with E-state index >= 15 is 0 Å². The fraction of sp³-hybridized carbons (Fsp3) is 0.200. The van der Waals surface area contributed by atoms with Gasteiger partial charge >= 0.3 is 5.97 Å². The van der Waals surface area contributed by atoms with E-state index < -0.39 is 12.1 Å². The lowest BCUT2D eigenvalue weighted by atomic mass is 10.2. The predicted octanol–water partition coefficient (Wildman–Crippen LogP) is 2.70. The molecule has 4 nitrogen and oxygen atoms in total. The Morgan fingerprint density at radius 2 is 2.25 bits per heavy atom. The van der Waals surface area contributed by atoms with Crippen molar-refractivity contribution in [3.05, 3.63) is 53.0 Å². The van der Waals surface area contributed by atoms with Gasteiger partial charge in [0.1, 0.15) is 0 Å². The molecule has 0 aliphatic heterocycles. The van der Waals surface area contributed by atoms with Crippen molar-refractivity contribution in [3.8, 4) is 0 Å². The molecule has 0 bridgehead atoms. The minimum absolute atomic E-state index is 0.342. The molecule has 0 saturated heterocycles. The summed E-state index contributed by atoms with van der Waals surface area (Å²) in [5.41, 5.74) is 0.861. The first-order valence-electron chi connectivity index (χ1n) is 6.06. The van der Waals surface area contributed by atoms with Crippen molar-refractivity contribution in [3.63, 3.8) is 0 Å². The summed E-state index contributed by atoms with van der Waals surface area (Å²) in [6, 6.07) is 7.47. The van der Waals surface area contributed by atoms with Crippen molar-refractivity contribution in [2.45, 2.75) is 13.0 Å². The van der Waals surface area contributed by atoms with Gasteiger partial charge in [0.15, 0.2) is 6.10 Å². The standard InChI is InChI=1S/C15H16BrNO3/c1-3-9-17-15(19)11(2)20-14(18)8-7-12-5-4-6-13(16)10-12/h3-8,10-11H,1,9H2,2H3,(H,17,19)/b8-7+/t11-/m0/s1. The highest BCUT2D eigenvalue weighted by molar-refractivity contribution is 9.10. The van der Waals surface area contributed by atoms with Gasteiger partial charge in [-0.2, -0.15) is 0 Å². The molecule has 0 spiro atoms. The molecular formula is C15H16BrNO3. The van der Waals surface area contributed by atoms with Crippen LogP contribution in [-0.2, 0) is 14.3 Å². The second-order valence-electron chi connectivity index (χ2n) is 4.00. The Balaban J connectivity index is 2.50. The van der Waals surface area contributed by atoms with E-state index in [1.807, 2.05) is 24.3 Å². The molecule has 1 amide bonds. The molecule has 1 aromatic rings. The van der Waals surface area contributed by atoms with Gasteiger partial charge in [0.25, 0.3) is 5.91 Å². The number of hydrogen-bond acceptors (Lipinski definition) is 3. The number of benzene rings is 1. The Hall–Kier alpha value is -1.88. The molecule has 1 N–H and O–H groups in total. The summed E-state index contributed by atoms with van der Waals surface area (Å²) < 4.78 is 5.90. The highest BCUT2D eigenvalue weighted by Gasteiger charge is 2.15. The SMILES string of the molecule is C=CCNC(=O)[C@H](C)OC(=O)/C=C/c1cccc(Br)c1. The van der Waals surface area contributed by atoms with E-state index in [1.165, 1.54) is 13.0 Å². The van der Waals surface area contributed by atoms with Crippen LogP contribution in [-0.4, -0.2) is 24.5 Å². The number of hydrogen-bond donors (Lipinski definition) is 1. The van der Waals surface area contributed by atoms with Crippen LogP contribution in [0.2, 0.25) is 0 Å². The normalized spacial score (nSPS) is 11.9. The van der Waals surface area contributed by atoms with E-state index in [1.54, 1.807) is 12.2 Å². The lowest BCUT2D eigenvalue weighted by molar-refractivity contribution is -0.150. The number of nitrogens with one attached hydrogen (secondary N) is 1. The smallest absolute Gasteiger partial charge is 0.331 e. The molecule has 0 unspecified atom stereocenters.